The predicted octanol–water partition coefficient (Wildman–Crippen LogP) is 1.84. The van der Waals surface area contributed by atoms with Crippen LogP contribution in [0.25, 0.3) is 0 Å². The second-order valence-corrected chi connectivity index (χ2v) is 4.45. The Morgan fingerprint density at radius 3 is 2.84 bits per heavy atom. The Bertz CT molecular complexity index is 451. The van der Waals surface area contributed by atoms with E-state index in [0.29, 0.717) is 19.4 Å². The van der Waals surface area contributed by atoms with Crippen LogP contribution in [-0.4, -0.2) is 28.5 Å². The Labute approximate surface area is 110 Å². The third-order valence-corrected chi connectivity index (χ3v) is 2.76. The van der Waals surface area contributed by atoms with Crippen molar-refractivity contribution in [3.05, 3.63) is 29.8 Å². The van der Waals surface area contributed by atoms with E-state index >= 15 is 0 Å². The third-order valence-electron chi connectivity index (χ3n) is 2.76. The lowest BCUT2D eigenvalue weighted by Gasteiger charge is -2.10. The van der Waals surface area contributed by atoms with Crippen LogP contribution in [0.1, 0.15) is 36.5 Å². The normalized spacial score (nSPS) is 11.9. The van der Waals surface area contributed by atoms with Crippen molar-refractivity contribution in [3.63, 3.8) is 0 Å². The van der Waals surface area contributed by atoms with Crippen LogP contribution in [0.2, 0.25) is 0 Å². The summed E-state index contributed by atoms with van der Waals surface area (Å²) in [7, 11) is 0. The number of amides is 1. The van der Waals surface area contributed by atoms with Crippen LogP contribution in [0.15, 0.2) is 18.3 Å². The van der Waals surface area contributed by atoms with Gasteiger partial charge < -0.3 is 10.4 Å². The van der Waals surface area contributed by atoms with E-state index in [2.05, 4.69) is 10.3 Å². The molecule has 1 atom stereocenters. The van der Waals surface area contributed by atoms with Gasteiger partial charge in [-0.05, 0) is 24.8 Å². The van der Waals surface area contributed by atoms with Gasteiger partial charge in [0.25, 0.3) is 5.91 Å². The number of carbonyl (C=O) groups is 2. The topological polar surface area (TPSA) is 79.3 Å². The molecule has 0 aliphatic heterocycles. The fourth-order valence-corrected chi connectivity index (χ4v) is 1.59. The van der Waals surface area contributed by atoms with Gasteiger partial charge in [-0.3, -0.25) is 9.59 Å². The van der Waals surface area contributed by atoms with Crippen molar-refractivity contribution >= 4 is 11.9 Å². The maximum Gasteiger partial charge on any atom is 0.303 e. The van der Waals surface area contributed by atoms with Crippen LogP contribution in [0.3, 0.4) is 0 Å². The van der Waals surface area contributed by atoms with Gasteiger partial charge in [-0.1, -0.05) is 6.92 Å². The molecular formula is C13H17FN2O3. The molecule has 0 fully saturated rings. The molecule has 1 aromatic rings. The summed E-state index contributed by atoms with van der Waals surface area (Å²) in [5, 5.41) is 11.2. The maximum absolute atomic E-state index is 12.8. The van der Waals surface area contributed by atoms with Crippen LogP contribution < -0.4 is 5.32 Å². The van der Waals surface area contributed by atoms with E-state index in [-0.39, 0.29) is 23.8 Å². The van der Waals surface area contributed by atoms with Crippen molar-refractivity contribution in [2.45, 2.75) is 26.2 Å². The fraction of sp³-hybridized carbons (Fsp3) is 0.462. The van der Waals surface area contributed by atoms with Crippen molar-refractivity contribution in [1.82, 2.24) is 10.3 Å². The molecule has 0 spiro atoms. The van der Waals surface area contributed by atoms with Crippen LogP contribution >= 0.6 is 0 Å². The van der Waals surface area contributed by atoms with Gasteiger partial charge in [0.15, 0.2) is 0 Å². The molecule has 1 unspecified atom stereocenters. The van der Waals surface area contributed by atoms with Gasteiger partial charge in [-0.15, -0.1) is 0 Å². The van der Waals surface area contributed by atoms with Crippen molar-refractivity contribution in [2.24, 2.45) is 5.92 Å². The Morgan fingerprint density at radius 1 is 1.47 bits per heavy atom. The lowest BCUT2D eigenvalue weighted by molar-refractivity contribution is -0.137. The average molecular weight is 268 g/mol. The third kappa shape index (κ3) is 5.94. The number of carboxylic acids is 1. The zero-order chi connectivity index (χ0) is 14.3. The highest BCUT2D eigenvalue weighted by atomic mass is 19.1. The van der Waals surface area contributed by atoms with Crippen molar-refractivity contribution in [2.75, 3.05) is 6.54 Å². The average Bonchev–Trinajstić information content (AvgIpc) is 2.36. The quantitative estimate of drug-likeness (QED) is 0.739. The molecule has 6 heteroatoms. The molecule has 0 saturated carbocycles. The van der Waals surface area contributed by atoms with Crippen molar-refractivity contribution < 1.29 is 19.1 Å². The number of rotatable bonds is 7. The van der Waals surface area contributed by atoms with Gasteiger partial charge in [0.1, 0.15) is 0 Å². The van der Waals surface area contributed by atoms with Gasteiger partial charge in [0.05, 0.1) is 0 Å². The first-order chi connectivity index (χ1) is 8.99. The molecule has 19 heavy (non-hydrogen) atoms. The lowest BCUT2D eigenvalue weighted by Crippen LogP contribution is -2.25. The van der Waals surface area contributed by atoms with E-state index in [9.17, 15) is 14.0 Å². The number of halogens is 1. The minimum Gasteiger partial charge on any atom is -0.481 e. The molecule has 0 radical (unpaired) electrons. The number of hydrogen-bond acceptors (Lipinski definition) is 3. The first-order valence-corrected chi connectivity index (χ1v) is 6.10. The number of pyridine rings is 1. The minimum atomic E-state index is -0.817. The molecular weight excluding hydrogens is 251 g/mol. The number of nitrogens with zero attached hydrogens (tertiary/aromatic N) is 1. The molecule has 1 aromatic heterocycles. The second kappa shape index (κ2) is 7.45. The molecule has 0 aliphatic carbocycles. The van der Waals surface area contributed by atoms with Gasteiger partial charge in [0, 0.05) is 30.8 Å². The SMILES string of the molecule is CC(CCNC(=O)c1ccnc(F)c1)CCC(=O)O. The number of carboxylic acid groups (broad SMARTS) is 1. The fourth-order valence-electron chi connectivity index (χ4n) is 1.59. The van der Waals surface area contributed by atoms with Crippen molar-refractivity contribution in [1.29, 1.82) is 0 Å². The summed E-state index contributed by atoms with van der Waals surface area (Å²) in [5.74, 6) is -1.65. The standard InChI is InChI=1S/C13H17FN2O3/c1-9(2-3-12(17)18)4-6-16-13(19)10-5-7-15-11(14)8-10/h5,7-9H,2-4,6H2,1H3,(H,16,19)(H,17,18). The lowest BCUT2D eigenvalue weighted by atomic mass is 10.0. The van der Waals surface area contributed by atoms with Gasteiger partial charge >= 0.3 is 5.97 Å². The number of aromatic nitrogens is 1. The van der Waals surface area contributed by atoms with Crippen LogP contribution in [-0.2, 0) is 4.79 Å². The number of carbonyl (C=O) groups excluding carboxylic acids is 1. The van der Waals surface area contributed by atoms with E-state index in [1.165, 1.54) is 12.3 Å². The van der Waals surface area contributed by atoms with Gasteiger partial charge in [-0.25, -0.2) is 4.98 Å². The van der Waals surface area contributed by atoms with E-state index in [0.717, 1.165) is 6.07 Å². The Kier molecular flexibility index (Phi) is 5.92. The predicted molar refractivity (Wildman–Crippen MR) is 67.2 cm³/mol. The monoisotopic (exact) mass is 268 g/mol. The van der Waals surface area contributed by atoms with Crippen LogP contribution in [0, 0.1) is 11.9 Å². The molecule has 0 aliphatic rings. The molecule has 1 amide bonds. The first kappa shape index (κ1) is 15.1. The highest BCUT2D eigenvalue weighted by molar-refractivity contribution is 5.93. The largest absolute Gasteiger partial charge is 0.481 e. The van der Waals surface area contributed by atoms with E-state index < -0.39 is 11.9 Å². The van der Waals surface area contributed by atoms with Crippen LogP contribution in [0.5, 0.6) is 0 Å². The summed E-state index contributed by atoms with van der Waals surface area (Å²) in [6.45, 7) is 2.37. The zero-order valence-electron chi connectivity index (χ0n) is 10.7. The van der Waals surface area contributed by atoms with E-state index in [1.54, 1.807) is 0 Å². The molecule has 2 N–H and O–H groups in total. The summed E-state index contributed by atoms with van der Waals surface area (Å²) in [6.07, 6.45) is 2.63. The molecule has 5 nitrogen and oxygen atoms in total. The van der Waals surface area contributed by atoms with Gasteiger partial charge in [0.2, 0.25) is 5.95 Å². The molecule has 0 bridgehead atoms. The first-order valence-electron chi connectivity index (χ1n) is 6.10. The smallest absolute Gasteiger partial charge is 0.303 e. The summed E-state index contributed by atoms with van der Waals surface area (Å²) < 4.78 is 12.8. The number of nitrogens with one attached hydrogen (secondary N) is 1. The number of hydrogen-bond donors (Lipinski definition) is 2. The Hall–Kier alpha value is -1.98. The summed E-state index contributed by atoms with van der Waals surface area (Å²) in [6, 6.07) is 2.51. The second-order valence-electron chi connectivity index (χ2n) is 4.45. The van der Waals surface area contributed by atoms with E-state index in [4.69, 9.17) is 5.11 Å². The van der Waals surface area contributed by atoms with E-state index in [1.807, 2.05) is 6.92 Å². The Balaban J connectivity index is 2.29. The molecule has 1 heterocycles. The highest BCUT2D eigenvalue weighted by Crippen LogP contribution is 2.09. The zero-order valence-corrected chi connectivity index (χ0v) is 10.7. The summed E-state index contributed by atoms with van der Waals surface area (Å²) in [4.78, 5) is 25.4. The summed E-state index contributed by atoms with van der Waals surface area (Å²) in [5.41, 5.74) is 0.227. The molecule has 104 valence electrons. The summed E-state index contributed by atoms with van der Waals surface area (Å²) >= 11 is 0. The van der Waals surface area contributed by atoms with Crippen LogP contribution in [0.4, 0.5) is 4.39 Å². The molecule has 0 saturated heterocycles. The van der Waals surface area contributed by atoms with Gasteiger partial charge in [-0.2, -0.15) is 4.39 Å². The Morgan fingerprint density at radius 2 is 2.21 bits per heavy atom. The molecule has 0 aromatic carbocycles. The number of aliphatic carboxylic acids is 1. The minimum absolute atomic E-state index is 0.130. The molecule has 1 rings (SSSR count). The van der Waals surface area contributed by atoms with Crippen molar-refractivity contribution in [3.8, 4) is 0 Å². The maximum atomic E-state index is 12.8. The highest BCUT2D eigenvalue weighted by Gasteiger charge is 2.09.